The summed E-state index contributed by atoms with van der Waals surface area (Å²) in [6, 6.07) is 25.3. The van der Waals surface area contributed by atoms with E-state index < -0.39 is 21.9 Å². The van der Waals surface area contributed by atoms with E-state index in [4.69, 9.17) is 9.15 Å². The van der Waals surface area contributed by atoms with Crippen LogP contribution in [0.4, 0.5) is 5.69 Å². The van der Waals surface area contributed by atoms with Gasteiger partial charge in [-0.1, -0.05) is 65.7 Å². The van der Waals surface area contributed by atoms with Gasteiger partial charge in [0.25, 0.3) is 15.9 Å². The maximum absolute atomic E-state index is 14.2. The number of hydrogen-bond acceptors (Lipinski definition) is 6. The van der Waals surface area contributed by atoms with Crippen molar-refractivity contribution in [3.8, 4) is 11.3 Å². The first-order valence-corrected chi connectivity index (χ1v) is 14.6. The van der Waals surface area contributed by atoms with E-state index in [9.17, 15) is 18.0 Å². The smallest absolute Gasteiger partial charge is 0.342 e. The molecule has 0 aliphatic carbocycles. The average molecular weight is 568 g/mol. The van der Waals surface area contributed by atoms with Gasteiger partial charge in [-0.2, -0.15) is 4.31 Å². The Labute approximate surface area is 239 Å². The Bertz CT molecular complexity index is 1870. The summed E-state index contributed by atoms with van der Waals surface area (Å²) >= 11 is 0. The molecule has 5 aromatic rings. The molecule has 0 unspecified atom stereocenters. The molecule has 1 heterocycles. The molecular weight excluding hydrogens is 538 g/mol. The number of amides is 1. The van der Waals surface area contributed by atoms with E-state index in [-0.39, 0.29) is 28.3 Å². The van der Waals surface area contributed by atoms with Gasteiger partial charge in [0.2, 0.25) is 0 Å². The predicted molar refractivity (Wildman–Crippen MR) is 159 cm³/mol. The minimum atomic E-state index is -4.38. The molecule has 5 rings (SSSR count). The second-order valence-electron chi connectivity index (χ2n) is 9.78. The molecule has 41 heavy (non-hydrogen) atoms. The van der Waals surface area contributed by atoms with Crippen LogP contribution in [0.3, 0.4) is 0 Å². The molecular formula is C33H29NO6S. The Hall–Kier alpha value is -4.69. The number of furan rings is 1. The SMILES string of the molecule is CCOC(=O)c1c(-c2ccccc2)oc2ccc(N(C(=O)c3ccc(C)cc3)S(=O)(=O)c3ccc(C)cc3C)cc12. The van der Waals surface area contributed by atoms with Crippen LogP contribution in [-0.4, -0.2) is 26.9 Å². The lowest BCUT2D eigenvalue weighted by Crippen LogP contribution is -2.37. The zero-order chi connectivity index (χ0) is 29.3. The van der Waals surface area contributed by atoms with E-state index in [1.165, 1.54) is 18.2 Å². The van der Waals surface area contributed by atoms with E-state index in [1.807, 2.05) is 32.0 Å². The molecule has 7 nitrogen and oxygen atoms in total. The van der Waals surface area contributed by atoms with Gasteiger partial charge in [-0.15, -0.1) is 0 Å². The van der Waals surface area contributed by atoms with Crippen LogP contribution in [-0.2, 0) is 14.8 Å². The normalized spacial score (nSPS) is 11.4. The number of fused-ring (bicyclic) bond motifs is 1. The van der Waals surface area contributed by atoms with Crippen molar-refractivity contribution in [2.75, 3.05) is 10.9 Å². The number of nitrogens with zero attached hydrogens (tertiary/aromatic N) is 1. The molecule has 4 aromatic carbocycles. The maximum Gasteiger partial charge on any atom is 0.342 e. The van der Waals surface area contributed by atoms with Crippen LogP contribution in [0.1, 0.15) is 44.3 Å². The highest BCUT2D eigenvalue weighted by molar-refractivity contribution is 7.93. The largest absolute Gasteiger partial charge is 0.462 e. The fourth-order valence-electron chi connectivity index (χ4n) is 4.78. The number of carbonyl (C=O) groups excluding carboxylic acids is 2. The Balaban J connectivity index is 1.76. The number of esters is 1. The van der Waals surface area contributed by atoms with Crippen molar-refractivity contribution in [3.05, 3.63) is 119 Å². The molecule has 0 saturated carbocycles. The van der Waals surface area contributed by atoms with Gasteiger partial charge in [0.15, 0.2) is 0 Å². The third-order valence-electron chi connectivity index (χ3n) is 6.75. The molecule has 0 spiro atoms. The topological polar surface area (TPSA) is 93.9 Å². The minimum Gasteiger partial charge on any atom is -0.462 e. The van der Waals surface area contributed by atoms with Crippen molar-refractivity contribution in [2.45, 2.75) is 32.6 Å². The fraction of sp³-hybridized carbons (Fsp3) is 0.152. The second kappa shape index (κ2) is 11.1. The molecule has 0 aliphatic heterocycles. The summed E-state index contributed by atoms with van der Waals surface area (Å²) < 4.78 is 40.7. The average Bonchev–Trinajstić information content (AvgIpc) is 3.33. The fourth-order valence-corrected chi connectivity index (χ4v) is 6.39. The van der Waals surface area contributed by atoms with Gasteiger partial charge in [0.1, 0.15) is 16.9 Å². The Morgan fingerprint density at radius 2 is 1.51 bits per heavy atom. The van der Waals surface area contributed by atoms with Crippen LogP contribution in [0.2, 0.25) is 0 Å². The lowest BCUT2D eigenvalue weighted by Gasteiger charge is -2.24. The molecule has 208 valence electrons. The molecule has 8 heteroatoms. The van der Waals surface area contributed by atoms with Crippen LogP contribution >= 0.6 is 0 Å². The third kappa shape index (κ3) is 5.26. The van der Waals surface area contributed by atoms with Gasteiger partial charge in [-0.05, 0) is 69.7 Å². The third-order valence-corrected chi connectivity index (χ3v) is 8.62. The number of benzene rings is 4. The van der Waals surface area contributed by atoms with Gasteiger partial charge in [0.05, 0.1) is 17.2 Å². The minimum absolute atomic E-state index is 0.00597. The number of hydrogen-bond donors (Lipinski definition) is 0. The number of aryl methyl sites for hydroxylation is 3. The Morgan fingerprint density at radius 3 is 2.17 bits per heavy atom. The number of carbonyl (C=O) groups is 2. The van der Waals surface area contributed by atoms with Crippen LogP contribution in [0.15, 0.2) is 100 Å². The quantitative estimate of drug-likeness (QED) is 0.193. The molecule has 1 aromatic heterocycles. The standard InChI is InChI=1S/C33H29NO6S/c1-5-39-33(36)30-27-20-26(16-17-28(27)40-31(30)24-9-7-6-8-10-24)34(32(35)25-14-11-21(2)12-15-25)41(37,38)29-18-13-22(3)19-23(29)4/h6-20H,5H2,1-4H3. The summed E-state index contributed by atoms with van der Waals surface area (Å²) in [5, 5.41) is 0.331. The summed E-state index contributed by atoms with van der Waals surface area (Å²) in [4.78, 5) is 27.2. The van der Waals surface area contributed by atoms with Gasteiger partial charge in [-0.25, -0.2) is 13.2 Å². The first kappa shape index (κ1) is 27.9. The highest BCUT2D eigenvalue weighted by Crippen LogP contribution is 2.38. The van der Waals surface area contributed by atoms with E-state index >= 15 is 0 Å². The van der Waals surface area contributed by atoms with Gasteiger partial charge in [0, 0.05) is 16.5 Å². The van der Waals surface area contributed by atoms with Crippen molar-refractivity contribution < 1.29 is 27.2 Å². The van der Waals surface area contributed by atoms with Gasteiger partial charge >= 0.3 is 5.97 Å². The first-order chi connectivity index (χ1) is 19.6. The van der Waals surface area contributed by atoms with Crippen LogP contribution in [0, 0.1) is 20.8 Å². The second-order valence-corrected chi connectivity index (χ2v) is 11.5. The molecule has 0 bridgehead atoms. The Morgan fingerprint density at radius 1 is 0.829 bits per heavy atom. The number of sulfonamides is 1. The molecule has 0 fully saturated rings. The zero-order valence-electron chi connectivity index (χ0n) is 23.2. The summed E-state index contributed by atoms with van der Waals surface area (Å²) in [5.41, 5.74) is 3.76. The van der Waals surface area contributed by atoms with E-state index in [1.54, 1.807) is 68.4 Å². The zero-order valence-corrected chi connectivity index (χ0v) is 24.0. The van der Waals surface area contributed by atoms with Crippen LogP contribution in [0.25, 0.3) is 22.3 Å². The van der Waals surface area contributed by atoms with Crippen molar-refractivity contribution in [3.63, 3.8) is 0 Å². The highest BCUT2D eigenvalue weighted by Gasteiger charge is 2.34. The Kier molecular flexibility index (Phi) is 7.51. The van der Waals surface area contributed by atoms with Crippen LogP contribution < -0.4 is 4.31 Å². The predicted octanol–water partition coefficient (Wildman–Crippen LogP) is 7.24. The van der Waals surface area contributed by atoms with E-state index in [2.05, 4.69) is 0 Å². The monoisotopic (exact) mass is 567 g/mol. The number of rotatable bonds is 7. The van der Waals surface area contributed by atoms with Gasteiger partial charge in [-0.3, -0.25) is 4.79 Å². The van der Waals surface area contributed by atoms with Crippen LogP contribution in [0.5, 0.6) is 0 Å². The first-order valence-electron chi connectivity index (χ1n) is 13.1. The van der Waals surface area contributed by atoms with Crippen molar-refractivity contribution in [1.29, 1.82) is 0 Å². The molecule has 0 saturated heterocycles. The molecule has 1 amide bonds. The highest BCUT2D eigenvalue weighted by atomic mass is 32.2. The van der Waals surface area contributed by atoms with Crippen molar-refractivity contribution in [2.24, 2.45) is 0 Å². The molecule has 0 aliphatic rings. The van der Waals surface area contributed by atoms with Crippen molar-refractivity contribution >= 4 is 38.6 Å². The summed E-state index contributed by atoms with van der Waals surface area (Å²) in [5.74, 6) is -1.05. The van der Waals surface area contributed by atoms with E-state index in [0.717, 1.165) is 15.4 Å². The van der Waals surface area contributed by atoms with Gasteiger partial charge < -0.3 is 9.15 Å². The molecule has 0 atom stereocenters. The van der Waals surface area contributed by atoms with E-state index in [0.29, 0.717) is 27.9 Å². The lowest BCUT2D eigenvalue weighted by atomic mass is 10.0. The molecule has 0 N–H and O–H groups in total. The molecule has 0 radical (unpaired) electrons. The van der Waals surface area contributed by atoms with Crippen molar-refractivity contribution in [1.82, 2.24) is 0 Å². The summed E-state index contributed by atoms with van der Waals surface area (Å²) in [6.45, 7) is 7.28. The maximum atomic E-state index is 14.2. The summed E-state index contributed by atoms with van der Waals surface area (Å²) in [6.07, 6.45) is 0. The lowest BCUT2D eigenvalue weighted by molar-refractivity contribution is 0.0528. The number of anilines is 1. The summed E-state index contributed by atoms with van der Waals surface area (Å²) in [7, 11) is -4.38. The number of ether oxygens (including phenoxy) is 1.